The number of nitrogens with zero attached hydrogens (tertiary/aromatic N) is 4. The van der Waals surface area contributed by atoms with Crippen LogP contribution in [-0.4, -0.2) is 36.0 Å². The standard InChI is InChI=1S/C8H9N5O2/c14-8(15)7-3-6(11-12-7)1-2-13-5-9-4-10-13/h3-5H,1-2H2,(H,11,12)(H,14,15). The fourth-order valence-electron chi connectivity index (χ4n) is 1.18. The van der Waals surface area contributed by atoms with Crippen molar-refractivity contribution in [3.8, 4) is 0 Å². The van der Waals surface area contributed by atoms with Gasteiger partial charge >= 0.3 is 5.97 Å². The first-order valence-electron chi connectivity index (χ1n) is 4.35. The van der Waals surface area contributed by atoms with Gasteiger partial charge in [0.25, 0.3) is 0 Å². The molecule has 2 heterocycles. The molecule has 0 aliphatic carbocycles. The van der Waals surface area contributed by atoms with Crippen molar-refractivity contribution in [2.75, 3.05) is 0 Å². The Balaban J connectivity index is 1.96. The number of carboxylic acids is 1. The van der Waals surface area contributed by atoms with Crippen LogP contribution in [0.3, 0.4) is 0 Å². The molecular formula is C8H9N5O2. The van der Waals surface area contributed by atoms with Gasteiger partial charge in [0.2, 0.25) is 0 Å². The smallest absolute Gasteiger partial charge is 0.356 e. The van der Waals surface area contributed by atoms with E-state index < -0.39 is 5.97 Å². The van der Waals surface area contributed by atoms with Gasteiger partial charge < -0.3 is 5.11 Å². The number of hydrogen-bond donors (Lipinski definition) is 2. The lowest BCUT2D eigenvalue weighted by molar-refractivity contribution is 0.0690. The number of H-pyrrole nitrogens is 1. The van der Waals surface area contributed by atoms with E-state index in [1.54, 1.807) is 11.0 Å². The first kappa shape index (κ1) is 9.38. The van der Waals surface area contributed by atoms with Crippen LogP contribution in [0.5, 0.6) is 0 Å². The molecule has 0 spiro atoms. The van der Waals surface area contributed by atoms with Crippen LogP contribution >= 0.6 is 0 Å². The summed E-state index contributed by atoms with van der Waals surface area (Å²) >= 11 is 0. The van der Waals surface area contributed by atoms with Gasteiger partial charge in [-0.25, -0.2) is 9.78 Å². The van der Waals surface area contributed by atoms with Crippen molar-refractivity contribution in [1.29, 1.82) is 0 Å². The molecule has 2 N–H and O–H groups in total. The lowest BCUT2D eigenvalue weighted by Crippen LogP contribution is -2.01. The minimum Gasteiger partial charge on any atom is -0.476 e. The highest BCUT2D eigenvalue weighted by Crippen LogP contribution is 2.01. The van der Waals surface area contributed by atoms with Crippen molar-refractivity contribution in [3.05, 3.63) is 30.1 Å². The van der Waals surface area contributed by atoms with E-state index in [9.17, 15) is 4.79 Å². The quantitative estimate of drug-likeness (QED) is 0.732. The summed E-state index contributed by atoms with van der Waals surface area (Å²) < 4.78 is 1.67. The van der Waals surface area contributed by atoms with Crippen molar-refractivity contribution in [2.24, 2.45) is 0 Å². The van der Waals surface area contributed by atoms with Gasteiger partial charge in [-0.15, -0.1) is 0 Å². The molecule has 78 valence electrons. The van der Waals surface area contributed by atoms with E-state index in [2.05, 4.69) is 20.3 Å². The van der Waals surface area contributed by atoms with E-state index >= 15 is 0 Å². The third kappa shape index (κ3) is 2.19. The van der Waals surface area contributed by atoms with Crippen LogP contribution in [0.1, 0.15) is 16.2 Å². The normalized spacial score (nSPS) is 10.4. The summed E-state index contributed by atoms with van der Waals surface area (Å²) in [6, 6.07) is 1.51. The molecule has 0 fully saturated rings. The molecule has 7 nitrogen and oxygen atoms in total. The second kappa shape index (κ2) is 3.91. The number of aryl methyl sites for hydroxylation is 2. The number of nitrogens with one attached hydrogen (secondary N) is 1. The van der Waals surface area contributed by atoms with Gasteiger partial charge in [-0.2, -0.15) is 10.2 Å². The first-order chi connectivity index (χ1) is 7.25. The van der Waals surface area contributed by atoms with E-state index in [4.69, 9.17) is 5.11 Å². The molecule has 0 bridgehead atoms. The topological polar surface area (TPSA) is 96.7 Å². The molecule has 15 heavy (non-hydrogen) atoms. The third-order valence-corrected chi connectivity index (χ3v) is 1.93. The number of hydrogen-bond acceptors (Lipinski definition) is 4. The van der Waals surface area contributed by atoms with Crippen LogP contribution in [0.2, 0.25) is 0 Å². The summed E-state index contributed by atoms with van der Waals surface area (Å²) in [5, 5.41) is 18.9. The average Bonchev–Trinajstić information content (AvgIpc) is 2.86. The Bertz CT molecular complexity index is 447. The molecule has 0 aliphatic rings. The number of carboxylic acid groups (broad SMARTS) is 1. The predicted octanol–water partition coefficient (Wildman–Crippen LogP) is -0.0579. The second-order valence-electron chi connectivity index (χ2n) is 2.99. The Labute approximate surface area is 84.8 Å². The van der Waals surface area contributed by atoms with Crippen LogP contribution in [-0.2, 0) is 13.0 Å². The summed E-state index contributed by atoms with van der Waals surface area (Å²) in [6.07, 6.45) is 3.70. The van der Waals surface area contributed by atoms with Gasteiger partial charge in [-0.1, -0.05) is 0 Å². The van der Waals surface area contributed by atoms with Gasteiger partial charge in [0.1, 0.15) is 12.7 Å². The highest BCUT2D eigenvalue weighted by Gasteiger charge is 2.07. The van der Waals surface area contributed by atoms with Crippen LogP contribution in [0.25, 0.3) is 0 Å². The summed E-state index contributed by atoms with van der Waals surface area (Å²) in [7, 11) is 0. The molecule has 0 saturated heterocycles. The zero-order valence-electron chi connectivity index (χ0n) is 7.79. The van der Waals surface area contributed by atoms with Crippen molar-refractivity contribution >= 4 is 5.97 Å². The molecular weight excluding hydrogens is 198 g/mol. The van der Waals surface area contributed by atoms with Crippen LogP contribution < -0.4 is 0 Å². The predicted molar refractivity (Wildman–Crippen MR) is 49.3 cm³/mol. The minimum absolute atomic E-state index is 0.0311. The maximum absolute atomic E-state index is 10.5. The number of aromatic amines is 1. The maximum Gasteiger partial charge on any atom is 0.356 e. The average molecular weight is 207 g/mol. The molecule has 7 heteroatoms. The first-order valence-corrected chi connectivity index (χ1v) is 4.35. The molecule has 0 radical (unpaired) electrons. The Hall–Kier alpha value is -2.18. The molecule has 2 aromatic heterocycles. The van der Waals surface area contributed by atoms with E-state index in [0.29, 0.717) is 13.0 Å². The molecule has 0 aliphatic heterocycles. The Morgan fingerprint density at radius 2 is 2.47 bits per heavy atom. The molecule has 0 saturated carbocycles. The molecule has 0 atom stereocenters. The van der Waals surface area contributed by atoms with Crippen molar-refractivity contribution in [2.45, 2.75) is 13.0 Å². The third-order valence-electron chi connectivity index (χ3n) is 1.93. The number of aromatic nitrogens is 5. The summed E-state index contributed by atoms with van der Waals surface area (Å²) in [5.41, 5.74) is 0.798. The fraction of sp³-hybridized carbons (Fsp3) is 0.250. The minimum atomic E-state index is -1.03. The monoisotopic (exact) mass is 207 g/mol. The molecule has 0 aromatic carbocycles. The van der Waals surface area contributed by atoms with Crippen LogP contribution in [0.4, 0.5) is 0 Å². The molecule has 2 rings (SSSR count). The zero-order valence-corrected chi connectivity index (χ0v) is 7.79. The summed E-state index contributed by atoms with van der Waals surface area (Å²) in [4.78, 5) is 14.3. The SMILES string of the molecule is O=C(O)c1cc(CCn2cncn2)[nH]n1. The van der Waals surface area contributed by atoms with Gasteiger partial charge in [0.15, 0.2) is 5.69 Å². The van der Waals surface area contributed by atoms with E-state index in [0.717, 1.165) is 5.69 Å². The lowest BCUT2D eigenvalue weighted by Gasteiger charge is -1.96. The fourth-order valence-corrected chi connectivity index (χ4v) is 1.18. The second-order valence-corrected chi connectivity index (χ2v) is 2.99. The van der Waals surface area contributed by atoms with Crippen LogP contribution in [0, 0.1) is 0 Å². The Morgan fingerprint density at radius 1 is 1.60 bits per heavy atom. The lowest BCUT2D eigenvalue weighted by atomic mass is 10.3. The Kier molecular flexibility index (Phi) is 2.44. The number of carbonyl (C=O) groups is 1. The zero-order chi connectivity index (χ0) is 10.7. The number of rotatable bonds is 4. The molecule has 0 unspecified atom stereocenters. The maximum atomic E-state index is 10.5. The van der Waals surface area contributed by atoms with E-state index in [-0.39, 0.29) is 5.69 Å². The highest BCUT2D eigenvalue weighted by molar-refractivity contribution is 5.85. The van der Waals surface area contributed by atoms with Gasteiger partial charge in [-0.05, 0) is 6.07 Å². The summed E-state index contributed by atoms with van der Waals surface area (Å²) in [5.74, 6) is -1.03. The van der Waals surface area contributed by atoms with E-state index in [1.165, 1.54) is 12.4 Å². The van der Waals surface area contributed by atoms with Crippen molar-refractivity contribution in [1.82, 2.24) is 25.0 Å². The number of aromatic carboxylic acids is 1. The Morgan fingerprint density at radius 3 is 3.07 bits per heavy atom. The molecule has 0 amide bonds. The highest BCUT2D eigenvalue weighted by atomic mass is 16.4. The van der Waals surface area contributed by atoms with E-state index in [1.807, 2.05) is 0 Å². The van der Waals surface area contributed by atoms with Gasteiger partial charge in [0, 0.05) is 18.7 Å². The van der Waals surface area contributed by atoms with Gasteiger partial charge in [-0.3, -0.25) is 9.78 Å². The van der Waals surface area contributed by atoms with Crippen molar-refractivity contribution < 1.29 is 9.90 Å². The van der Waals surface area contributed by atoms with Crippen molar-refractivity contribution in [3.63, 3.8) is 0 Å². The van der Waals surface area contributed by atoms with Crippen LogP contribution in [0.15, 0.2) is 18.7 Å². The summed E-state index contributed by atoms with van der Waals surface area (Å²) in [6.45, 7) is 0.640. The molecule has 2 aromatic rings. The van der Waals surface area contributed by atoms with Gasteiger partial charge in [0.05, 0.1) is 0 Å². The largest absolute Gasteiger partial charge is 0.476 e.